The van der Waals surface area contributed by atoms with Crippen molar-refractivity contribution in [3.8, 4) is 5.75 Å². The molecule has 0 aliphatic carbocycles. The Morgan fingerprint density at radius 1 is 0.960 bits per heavy atom. The van der Waals surface area contributed by atoms with Gasteiger partial charge in [0.15, 0.2) is 0 Å². The number of carbonyl (C=O) groups is 3. The van der Waals surface area contributed by atoms with Crippen LogP contribution in [-0.2, 0) is 33.7 Å². The van der Waals surface area contributed by atoms with Crippen molar-refractivity contribution in [1.29, 1.82) is 0 Å². The summed E-state index contributed by atoms with van der Waals surface area (Å²) in [5.74, 6) is -0.352. The fourth-order valence-corrected chi connectivity index (χ4v) is 7.19. The number of piperazine rings is 1. The highest BCUT2D eigenvalue weighted by Crippen LogP contribution is 2.34. The zero-order chi connectivity index (χ0) is 34.8. The lowest BCUT2D eigenvalue weighted by Crippen LogP contribution is -2.76. The Morgan fingerprint density at radius 3 is 2.46 bits per heavy atom. The topological polar surface area (TPSA) is 136 Å². The van der Waals surface area contributed by atoms with E-state index < -0.39 is 26.5 Å². The van der Waals surface area contributed by atoms with E-state index in [4.69, 9.17) is 8.94 Å². The van der Waals surface area contributed by atoms with E-state index in [1.54, 1.807) is 40.3 Å². The second kappa shape index (κ2) is 14.2. The second-order valence-corrected chi connectivity index (χ2v) is 13.0. The third-order valence-electron chi connectivity index (χ3n) is 9.07. The Hall–Kier alpha value is -5.42. The van der Waals surface area contributed by atoms with Crippen LogP contribution in [0.2, 0.25) is 0 Å². The molecule has 0 bridgehead atoms. The Labute approximate surface area is 289 Å². The molecular formula is C37H36N5O7P. The van der Waals surface area contributed by atoms with Crippen LogP contribution in [0.25, 0.3) is 21.9 Å². The maximum absolute atomic E-state index is 14.5. The first kappa shape index (κ1) is 33.1. The smallest absolute Gasteiger partial charge is 0.365 e. The number of hydrogen-bond acceptors (Lipinski definition) is 7. The quantitative estimate of drug-likeness (QED) is 0.153. The van der Waals surface area contributed by atoms with Crippen LogP contribution in [0.5, 0.6) is 5.75 Å². The average molecular weight is 694 g/mol. The lowest BCUT2D eigenvalue weighted by molar-refractivity contribution is -0.189. The Kier molecular flexibility index (Phi) is 9.40. The van der Waals surface area contributed by atoms with Crippen LogP contribution < -0.4 is 9.84 Å². The van der Waals surface area contributed by atoms with E-state index in [1.807, 2.05) is 72.8 Å². The number of para-hydroxylation sites is 2. The van der Waals surface area contributed by atoms with Crippen LogP contribution in [0.4, 0.5) is 4.79 Å². The van der Waals surface area contributed by atoms with Gasteiger partial charge in [-0.3, -0.25) is 9.59 Å². The van der Waals surface area contributed by atoms with Crippen LogP contribution in [0, 0.1) is 0 Å². The number of rotatable bonds is 10. The number of amides is 4. The SMILES string of the molecule is C=CCN1CC(=O)N2[C@@H](Cc3ccc(O[PH](=O)O)cc3)C(=O)N(Cc3cccc4c3oc3ccccc34)C[C@@H]2N1C(=O)NCc1ccccc1. The van der Waals surface area contributed by atoms with Gasteiger partial charge in [0.25, 0.3) is 0 Å². The number of nitrogens with one attached hydrogen (secondary N) is 1. The fraction of sp³-hybridized carbons (Fsp3) is 0.216. The van der Waals surface area contributed by atoms with Crippen molar-refractivity contribution in [1.82, 2.24) is 25.1 Å². The molecule has 2 fully saturated rings. The van der Waals surface area contributed by atoms with Crippen molar-refractivity contribution in [3.05, 3.63) is 126 Å². The standard InChI is InChI=1S/C37H36N5O7P/c1-2-19-40-24-34(43)41-31(20-25-15-17-28(18-16-25)49-50(46)47)36(44)39(23-33(41)42(40)37(45)38-21-26-9-4-3-5-10-26)22-27-11-8-13-30-29-12-6-7-14-32(29)48-35(27)30/h2-18,31,33,50H,1,19-24H2,(H,38,45)(H,46,47)/t31-,33-/m0/s1. The van der Waals surface area contributed by atoms with Crippen LogP contribution in [0.1, 0.15) is 16.7 Å². The van der Waals surface area contributed by atoms with E-state index >= 15 is 0 Å². The van der Waals surface area contributed by atoms with Crippen molar-refractivity contribution in [2.75, 3.05) is 19.6 Å². The van der Waals surface area contributed by atoms with E-state index in [0.29, 0.717) is 11.1 Å². The highest BCUT2D eigenvalue weighted by atomic mass is 31.1. The zero-order valence-electron chi connectivity index (χ0n) is 27.1. The van der Waals surface area contributed by atoms with Crippen LogP contribution in [-0.4, -0.2) is 74.4 Å². The number of carbonyl (C=O) groups excluding carboxylic acids is 3. The maximum Gasteiger partial charge on any atom is 0.365 e. The lowest BCUT2D eigenvalue weighted by atomic mass is 9.98. The summed E-state index contributed by atoms with van der Waals surface area (Å²) in [6.07, 6.45) is 0.950. The summed E-state index contributed by atoms with van der Waals surface area (Å²) in [6, 6.07) is 28.3. The largest absolute Gasteiger partial charge is 0.456 e. The minimum Gasteiger partial charge on any atom is -0.456 e. The predicted molar refractivity (Wildman–Crippen MR) is 188 cm³/mol. The van der Waals surface area contributed by atoms with E-state index in [-0.39, 0.29) is 56.7 Å². The molecule has 50 heavy (non-hydrogen) atoms. The Balaban J connectivity index is 1.25. The summed E-state index contributed by atoms with van der Waals surface area (Å²) in [6.45, 7) is 4.48. The molecule has 256 valence electrons. The molecule has 2 N–H and O–H groups in total. The normalized spacial score (nSPS) is 18.7. The first-order chi connectivity index (χ1) is 24.3. The molecule has 3 heterocycles. The number of benzene rings is 4. The van der Waals surface area contributed by atoms with Crippen LogP contribution in [0.15, 0.2) is 114 Å². The van der Waals surface area contributed by atoms with Gasteiger partial charge >= 0.3 is 14.3 Å². The van der Waals surface area contributed by atoms with Gasteiger partial charge in [-0.2, -0.15) is 0 Å². The summed E-state index contributed by atoms with van der Waals surface area (Å²) in [4.78, 5) is 54.9. The third-order valence-corrected chi connectivity index (χ3v) is 9.48. The van der Waals surface area contributed by atoms with Crippen molar-refractivity contribution in [2.45, 2.75) is 31.7 Å². The molecule has 0 spiro atoms. The summed E-state index contributed by atoms with van der Waals surface area (Å²) >= 11 is 0. The predicted octanol–water partition coefficient (Wildman–Crippen LogP) is 5.08. The van der Waals surface area contributed by atoms with Gasteiger partial charge in [-0.25, -0.2) is 19.4 Å². The molecule has 4 amide bonds. The molecule has 4 aromatic carbocycles. The summed E-state index contributed by atoms with van der Waals surface area (Å²) in [7, 11) is -3.19. The van der Waals surface area contributed by atoms with Gasteiger partial charge in [-0.15, -0.1) is 6.58 Å². The Bertz CT molecular complexity index is 2090. The summed E-state index contributed by atoms with van der Waals surface area (Å²) in [5.41, 5.74) is 3.82. The van der Waals surface area contributed by atoms with Gasteiger partial charge in [0.05, 0.1) is 13.1 Å². The zero-order valence-corrected chi connectivity index (χ0v) is 28.1. The molecule has 2 aliphatic rings. The maximum atomic E-state index is 14.5. The van der Waals surface area contributed by atoms with Crippen molar-refractivity contribution < 1.29 is 32.8 Å². The van der Waals surface area contributed by atoms with Gasteiger partial charge in [0.2, 0.25) is 11.8 Å². The number of hydrogen-bond donors (Lipinski definition) is 2. The van der Waals surface area contributed by atoms with Gasteiger partial charge in [-0.1, -0.05) is 84.9 Å². The molecular weight excluding hydrogens is 657 g/mol. The van der Waals surface area contributed by atoms with Crippen molar-refractivity contribution in [2.24, 2.45) is 0 Å². The van der Waals surface area contributed by atoms with E-state index in [2.05, 4.69) is 11.9 Å². The van der Waals surface area contributed by atoms with E-state index in [0.717, 1.165) is 27.5 Å². The third kappa shape index (κ3) is 6.60. The number of furan rings is 1. The molecule has 0 radical (unpaired) electrons. The summed E-state index contributed by atoms with van der Waals surface area (Å²) in [5, 5.41) is 8.10. The molecule has 5 aromatic rings. The molecule has 2 saturated heterocycles. The monoisotopic (exact) mass is 693 g/mol. The molecule has 3 atom stereocenters. The molecule has 1 aromatic heterocycles. The summed E-state index contributed by atoms with van der Waals surface area (Å²) < 4.78 is 22.4. The highest BCUT2D eigenvalue weighted by Gasteiger charge is 2.51. The van der Waals surface area contributed by atoms with Crippen LogP contribution in [0.3, 0.4) is 0 Å². The van der Waals surface area contributed by atoms with Crippen LogP contribution >= 0.6 is 8.25 Å². The number of hydrazine groups is 1. The highest BCUT2D eigenvalue weighted by molar-refractivity contribution is 7.32. The Morgan fingerprint density at radius 2 is 1.70 bits per heavy atom. The number of urea groups is 1. The minimum atomic E-state index is -3.19. The molecule has 2 aliphatic heterocycles. The lowest BCUT2D eigenvalue weighted by Gasteiger charge is -2.55. The fourth-order valence-electron chi connectivity index (χ4n) is 6.85. The average Bonchev–Trinajstić information content (AvgIpc) is 3.50. The molecule has 12 nitrogen and oxygen atoms in total. The number of nitrogens with zero attached hydrogens (tertiary/aromatic N) is 4. The molecule has 0 saturated carbocycles. The molecule has 7 rings (SSSR count). The second-order valence-electron chi connectivity index (χ2n) is 12.2. The van der Waals surface area contributed by atoms with Crippen molar-refractivity contribution >= 4 is 48.0 Å². The van der Waals surface area contributed by atoms with Gasteiger partial charge in [-0.05, 0) is 29.3 Å². The first-order valence-corrected chi connectivity index (χ1v) is 17.5. The first-order valence-electron chi connectivity index (χ1n) is 16.3. The molecule has 13 heteroatoms. The van der Waals surface area contributed by atoms with E-state index in [9.17, 15) is 23.8 Å². The minimum absolute atomic E-state index is 0.0572. The molecule has 1 unspecified atom stereocenters. The van der Waals surface area contributed by atoms with Gasteiger partial charge < -0.3 is 29.0 Å². The van der Waals surface area contributed by atoms with Gasteiger partial charge in [0.1, 0.15) is 29.1 Å². The van der Waals surface area contributed by atoms with Crippen molar-refractivity contribution in [3.63, 3.8) is 0 Å². The van der Waals surface area contributed by atoms with Gasteiger partial charge in [0, 0.05) is 42.4 Å². The van der Waals surface area contributed by atoms with E-state index in [1.165, 1.54) is 9.91 Å². The number of fused-ring (bicyclic) bond motifs is 4.